The molecule has 3 heteroatoms. The third-order valence-corrected chi connectivity index (χ3v) is 4.21. The Morgan fingerprint density at radius 1 is 1.67 bits per heavy atom. The van der Waals surface area contributed by atoms with Gasteiger partial charge in [0.1, 0.15) is 0 Å². The SMILES string of the molecule is CC(CCc1ccsc1)(C(=O)O)C1CC1. The molecule has 1 aliphatic carbocycles. The van der Waals surface area contributed by atoms with Gasteiger partial charge in [-0.15, -0.1) is 0 Å². The zero-order chi connectivity index (χ0) is 10.9. The normalized spacial score (nSPS) is 19.8. The second-order valence-corrected chi connectivity index (χ2v) is 5.41. The first-order valence-corrected chi connectivity index (χ1v) is 6.31. The Balaban J connectivity index is 1.98. The van der Waals surface area contributed by atoms with E-state index in [1.165, 1.54) is 5.56 Å². The van der Waals surface area contributed by atoms with Crippen LogP contribution in [0.5, 0.6) is 0 Å². The van der Waals surface area contributed by atoms with E-state index < -0.39 is 11.4 Å². The van der Waals surface area contributed by atoms with Gasteiger partial charge in [0.25, 0.3) is 0 Å². The smallest absolute Gasteiger partial charge is 0.309 e. The standard InChI is InChI=1S/C12H16O2S/c1-12(11(13)14,10-2-3-10)6-4-9-5-7-15-8-9/h5,7-8,10H,2-4,6H2,1H3,(H,13,14). The van der Waals surface area contributed by atoms with E-state index in [9.17, 15) is 9.90 Å². The average molecular weight is 224 g/mol. The van der Waals surface area contributed by atoms with E-state index in [1.54, 1.807) is 11.3 Å². The fourth-order valence-electron chi connectivity index (χ4n) is 2.05. The average Bonchev–Trinajstić information content (AvgIpc) is 2.93. The molecule has 1 N–H and O–H groups in total. The second kappa shape index (κ2) is 3.97. The van der Waals surface area contributed by atoms with Crippen molar-refractivity contribution < 1.29 is 9.90 Å². The van der Waals surface area contributed by atoms with Crippen LogP contribution in [0.4, 0.5) is 0 Å². The van der Waals surface area contributed by atoms with E-state index in [4.69, 9.17) is 0 Å². The van der Waals surface area contributed by atoms with Crippen molar-refractivity contribution in [1.29, 1.82) is 0 Å². The number of hydrogen-bond acceptors (Lipinski definition) is 2. The summed E-state index contributed by atoms with van der Waals surface area (Å²) in [5, 5.41) is 13.4. The molecule has 82 valence electrons. The molecule has 0 aromatic carbocycles. The number of hydrogen-bond donors (Lipinski definition) is 1. The Morgan fingerprint density at radius 3 is 2.87 bits per heavy atom. The molecule has 1 atom stereocenters. The summed E-state index contributed by atoms with van der Waals surface area (Å²) in [7, 11) is 0. The van der Waals surface area contributed by atoms with Crippen LogP contribution in [0.3, 0.4) is 0 Å². The molecular weight excluding hydrogens is 208 g/mol. The Morgan fingerprint density at radius 2 is 2.40 bits per heavy atom. The molecule has 0 amide bonds. The topological polar surface area (TPSA) is 37.3 Å². The molecule has 1 heterocycles. The van der Waals surface area contributed by atoms with Gasteiger partial charge >= 0.3 is 5.97 Å². The first kappa shape index (κ1) is 10.7. The minimum absolute atomic E-state index is 0.411. The summed E-state index contributed by atoms with van der Waals surface area (Å²) in [6, 6.07) is 2.08. The zero-order valence-electron chi connectivity index (χ0n) is 8.90. The summed E-state index contributed by atoms with van der Waals surface area (Å²) in [5.74, 6) is -0.214. The van der Waals surface area contributed by atoms with Crippen LogP contribution in [-0.2, 0) is 11.2 Å². The quantitative estimate of drug-likeness (QED) is 0.834. The van der Waals surface area contributed by atoms with E-state index in [0.717, 1.165) is 25.7 Å². The van der Waals surface area contributed by atoms with Crippen molar-refractivity contribution in [2.75, 3.05) is 0 Å². The zero-order valence-corrected chi connectivity index (χ0v) is 9.72. The van der Waals surface area contributed by atoms with Crippen LogP contribution in [-0.4, -0.2) is 11.1 Å². The van der Waals surface area contributed by atoms with Gasteiger partial charge in [0.05, 0.1) is 5.41 Å². The van der Waals surface area contributed by atoms with Gasteiger partial charge in [0.15, 0.2) is 0 Å². The molecule has 15 heavy (non-hydrogen) atoms. The highest BCUT2D eigenvalue weighted by molar-refractivity contribution is 7.07. The molecule has 1 aromatic rings. The number of aliphatic carboxylic acids is 1. The summed E-state index contributed by atoms with van der Waals surface area (Å²) in [4.78, 5) is 11.3. The highest BCUT2D eigenvalue weighted by atomic mass is 32.1. The number of thiophene rings is 1. The van der Waals surface area contributed by atoms with Crippen molar-refractivity contribution in [2.45, 2.75) is 32.6 Å². The van der Waals surface area contributed by atoms with Crippen LogP contribution in [0.25, 0.3) is 0 Å². The molecule has 1 aliphatic rings. The molecule has 0 radical (unpaired) electrons. The van der Waals surface area contributed by atoms with E-state index in [1.807, 2.05) is 12.3 Å². The lowest BCUT2D eigenvalue weighted by molar-refractivity contribution is -0.149. The van der Waals surface area contributed by atoms with Gasteiger partial charge in [-0.1, -0.05) is 0 Å². The van der Waals surface area contributed by atoms with Crippen LogP contribution in [0, 0.1) is 11.3 Å². The van der Waals surface area contributed by atoms with Crippen LogP contribution >= 0.6 is 11.3 Å². The lowest BCUT2D eigenvalue weighted by Gasteiger charge is -2.24. The van der Waals surface area contributed by atoms with Gasteiger partial charge in [-0.05, 0) is 60.9 Å². The largest absolute Gasteiger partial charge is 0.481 e. The van der Waals surface area contributed by atoms with E-state index in [0.29, 0.717) is 5.92 Å². The molecule has 1 unspecified atom stereocenters. The van der Waals surface area contributed by atoms with Crippen LogP contribution in [0.2, 0.25) is 0 Å². The lowest BCUT2D eigenvalue weighted by atomic mass is 9.80. The second-order valence-electron chi connectivity index (χ2n) is 4.63. The molecule has 1 fully saturated rings. The minimum Gasteiger partial charge on any atom is -0.481 e. The lowest BCUT2D eigenvalue weighted by Crippen LogP contribution is -2.30. The highest BCUT2D eigenvalue weighted by Gasteiger charge is 2.46. The maximum absolute atomic E-state index is 11.3. The number of rotatable bonds is 5. The van der Waals surface area contributed by atoms with Gasteiger partial charge < -0.3 is 5.11 Å². The first-order chi connectivity index (χ1) is 7.13. The minimum atomic E-state index is -0.625. The van der Waals surface area contributed by atoms with Crippen molar-refractivity contribution in [3.05, 3.63) is 22.4 Å². The van der Waals surface area contributed by atoms with Crippen LogP contribution in [0.1, 0.15) is 31.7 Å². The Kier molecular flexibility index (Phi) is 2.83. The van der Waals surface area contributed by atoms with Crippen LogP contribution in [0.15, 0.2) is 16.8 Å². The number of carbonyl (C=O) groups is 1. The number of carboxylic acids is 1. The van der Waals surface area contributed by atoms with Gasteiger partial charge in [-0.25, -0.2) is 0 Å². The predicted molar refractivity (Wildman–Crippen MR) is 61.1 cm³/mol. The molecule has 0 spiro atoms. The maximum Gasteiger partial charge on any atom is 0.309 e. The van der Waals surface area contributed by atoms with E-state index >= 15 is 0 Å². The third kappa shape index (κ3) is 2.23. The summed E-state index contributed by atoms with van der Waals surface area (Å²) >= 11 is 1.68. The molecule has 2 nitrogen and oxygen atoms in total. The molecule has 0 aliphatic heterocycles. The highest BCUT2D eigenvalue weighted by Crippen LogP contribution is 2.48. The van der Waals surface area contributed by atoms with Crippen molar-refractivity contribution >= 4 is 17.3 Å². The van der Waals surface area contributed by atoms with Crippen molar-refractivity contribution in [3.63, 3.8) is 0 Å². The summed E-state index contributed by atoms with van der Waals surface area (Å²) in [6.07, 6.45) is 3.84. The fraction of sp³-hybridized carbons (Fsp3) is 0.583. The maximum atomic E-state index is 11.3. The molecular formula is C12H16O2S. The summed E-state index contributed by atoms with van der Waals surface area (Å²) in [5.41, 5.74) is 0.773. The fourth-order valence-corrected chi connectivity index (χ4v) is 2.75. The van der Waals surface area contributed by atoms with Gasteiger partial charge in [0, 0.05) is 0 Å². The third-order valence-electron chi connectivity index (χ3n) is 3.48. The molecule has 1 saturated carbocycles. The van der Waals surface area contributed by atoms with Crippen molar-refractivity contribution in [3.8, 4) is 0 Å². The van der Waals surface area contributed by atoms with Crippen molar-refractivity contribution in [1.82, 2.24) is 0 Å². The molecule has 0 bridgehead atoms. The van der Waals surface area contributed by atoms with E-state index in [-0.39, 0.29) is 0 Å². The molecule has 1 aromatic heterocycles. The monoisotopic (exact) mass is 224 g/mol. The summed E-state index contributed by atoms with van der Waals surface area (Å²) in [6.45, 7) is 1.90. The van der Waals surface area contributed by atoms with E-state index in [2.05, 4.69) is 11.4 Å². The molecule has 0 saturated heterocycles. The first-order valence-electron chi connectivity index (χ1n) is 5.37. The van der Waals surface area contributed by atoms with Gasteiger partial charge in [-0.2, -0.15) is 11.3 Å². The Labute approximate surface area is 93.9 Å². The van der Waals surface area contributed by atoms with Gasteiger partial charge in [0.2, 0.25) is 0 Å². The van der Waals surface area contributed by atoms with Gasteiger partial charge in [-0.3, -0.25) is 4.79 Å². The van der Waals surface area contributed by atoms with Crippen molar-refractivity contribution in [2.24, 2.45) is 11.3 Å². The predicted octanol–water partition coefficient (Wildman–Crippen LogP) is 3.18. The summed E-state index contributed by atoms with van der Waals surface area (Å²) < 4.78 is 0. The number of aryl methyl sites for hydroxylation is 1. The number of carboxylic acid groups (broad SMARTS) is 1. The molecule has 2 rings (SSSR count). The Bertz CT molecular complexity index is 341. The van der Waals surface area contributed by atoms with Crippen LogP contribution < -0.4 is 0 Å². The Hall–Kier alpha value is -0.830.